The minimum atomic E-state index is 0.238. The third-order valence-electron chi connectivity index (χ3n) is 4.79. The summed E-state index contributed by atoms with van der Waals surface area (Å²) in [6.07, 6.45) is 7.29. The van der Waals surface area contributed by atoms with Gasteiger partial charge in [0.05, 0.1) is 6.61 Å². The van der Waals surface area contributed by atoms with Gasteiger partial charge in [-0.05, 0) is 24.8 Å². The number of aromatic nitrogens is 2. The molecule has 3 rings (SSSR count). The summed E-state index contributed by atoms with van der Waals surface area (Å²) >= 11 is 0. The normalized spacial score (nSPS) is 17.6. The molecule has 0 bridgehead atoms. The Bertz CT molecular complexity index is 669. The van der Waals surface area contributed by atoms with Crippen LogP contribution in [0.5, 0.6) is 0 Å². The monoisotopic (exact) mass is 341 g/mol. The van der Waals surface area contributed by atoms with Gasteiger partial charge < -0.3 is 14.2 Å². The summed E-state index contributed by atoms with van der Waals surface area (Å²) in [4.78, 5) is 18.9. The lowest BCUT2D eigenvalue weighted by atomic mass is 9.97. The van der Waals surface area contributed by atoms with Gasteiger partial charge in [0.25, 0.3) is 0 Å². The summed E-state index contributed by atoms with van der Waals surface area (Å²) in [6, 6.07) is 10.1. The van der Waals surface area contributed by atoms with E-state index in [9.17, 15) is 4.79 Å². The van der Waals surface area contributed by atoms with Crippen molar-refractivity contribution >= 4 is 5.91 Å². The number of likely N-dealkylation sites (tertiary alicyclic amines) is 1. The zero-order valence-electron chi connectivity index (χ0n) is 14.9. The fraction of sp³-hybridized carbons (Fsp3) is 0.500. The summed E-state index contributed by atoms with van der Waals surface area (Å²) in [5.41, 5.74) is 1.17. The van der Waals surface area contributed by atoms with E-state index >= 15 is 0 Å². The van der Waals surface area contributed by atoms with E-state index in [4.69, 9.17) is 4.74 Å². The number of nitrogens with zero attached hydrogens (tertiary/aromatic N) is 3. The van der Waals surface area contributed by atoms with Crippen LogP contribution in [-0.2, 0) is 23.2 Å². The smallest absolute Gasteiger partial charge is 0.222 e. The molecule has 2 heterocycles. The Morgan fingerprint density at radius 1 is 1.32 bits per heavy atom. The van der Waals surface area contributed by atoms with E-state index in [1.165, 1.54) is 5.56 Å². The van der Waals surface area contributed by atoms with Crippen LogP contribution >= 0.6 is 0 Å². The molecule has 1 aliphatic rings. The van der Waals surface area contributed by atoms with Gasteiger partial charge in [-0.2, -0.15) is 0 Å². The number of carbonyl (C=O) groups excluding carboxylic acids is 1. The highest BCUT2D eigenvalue weighted by Gasteiger charge is 2.26. The van der Waals surface area contributed by atoms with Gasteiger partial charge in [0.2, 0.25) is 5.91 Å². The number of imidazole rings is 1. The van der Waals surface area contributed by atoms with E-state index in [0.29, 0.717) is 25.6 Å². The molecule has 0 N–H and O–H groups in total. The molecule has 25 heavy (non-hydrogen) atoms. The fourth-order valence-electron chi connectivity index (χ4n) is 3.43. The van der Waals surface area contributed by atoms with Crippen LogP contribution in [0.15, 0.2) is 42.7 Å². The molecule has 2 aromatic rings. The number of hydrogen-bond donors (Lipinski definition) is 0. The zero-order valence-corrected chi connectivity index (χ0v) is 14.9. The number of rotatable bonds is 7. The number of ether oxygens (including phenoxy) is 1. The van der Waals surface area contributed by atoms with Crippen LogP contribution in [0.3, 0.4) is 0 Å². The summed E-state index contributed by atoms with van der Waals surface area (Å²) < 4.78 is 7.73. The van der Waals surface area contributed by atoms with Gasteiger partial charge in [-0.15, -0.1) is 0 Å². The Labute approximate surface area is 149 Å². The van der Waals surface area contributed by atoms with Crippen molar-refractivity contribution in [2.45, 2.75) is 38.2 Å². The van der Waals surface area contributed by atoms with E-state index in [2.05, 4.69) is 21.7 Å². The zero-order chi connectivity index (χ0) is 17.5. The molecule has 1 aromatic heterocycles. The quantitative estimate of drug-likeness (QED) is 0.727. The van der Waals surface area contributed by atoms with Crippen LogP contribution in [0.2, 0.25) is 0 Å². The van der Waals surface area contributed by atoms with Crippen molar-refractivity contribution in [1.29, 1.82) is 0 Å². The van der Waals surface area contributed by atoms with Crippen LogP contribution in [0.1, 0.15) is 43.0 Å². The number of benzene rings is 1. The molecule has 1 amide bonds. The number of hydrogen-bond acceptors (Lipinski definition) is 3. The van der Waals surface area contributed by atoms with E-state index in [-0.39, 0.29) is 5.91 Å². The van der Waals surface area contributed by atoms with Crippen LogP contribution in [0.25, 0.3) is 0 Å². The maximum Gasteiger partial charge on any atom is 0.222 e. The molecule has 0 spiro atoms. The summed E-state index contributed by atoms with van der Waals surface area (Å²) in [5, 5.41) is 0. The van der Waals surface area contributed by atoms with Crippen molar-refractivity contribution in [2.75, 3.05) is 19.7 Å². The van der Waals surface area contributed by atoms with Gasteiger partial charge in [0.1, 0.15) is 5.82 Å². The molecule has 1 saturated heterocycles. The molecule has 1 aliphatic heterocycles. The van der Waals surface area contributed by atoms with Gasteiger partial charge in [0, 0.05) is 51.5 Å². The Balaban J connectivity index is 1.38. The first kappa shape index (κ1) is 17.7. The number of aryl methyl sites for hydroxylation is 1. The van der Waals surface area contributed by atoms with Gasteiger partial charge in [-0.1, -0.05) is 30.3 Å². The molecule has 0 unspecified atom stereocenters. The maximum absolute atomic E-state index is 12.5. The molecular formula is C20H27N3O2. The van der Waals surface area contributed by atoms with Crippen LogP contribution < -0.4 is 0 Å². The van der Waals surface area contributed by atoms with Crippen molar-refractivity contribution < 1.29 is 9.53 Å². The van der Waals surface area contributed by atoms with E-state index < -0.39 is 0 Å². The van der Waals surface area contributed by atoms with Crippen molar-refractivity contribution in [2.24, 2.45) is 7.05 Å². The van der Waals surface area contributed by atoms with Crippen LogP contribution in [0.4, 0.5) is 0 Å². The molecule has 1 aromatic carbocycles. The highest BCUT2D eigenvalue weighted by molar-refractivity contribution is 5.76. The predicted octanol–water partition coefficient (Wildman–Crippen LogP) is 3.12. The first-order chi connectivity index (χ1) is 12.2. The molecule has 0 saturated carbocycles. The lowest BCUT2D eigenvalue weighted by Crippen LogP contribution is -2.39. The van der Waals surface area contributed by atoms with Gasteiger partial charge >= 0.3 is 0 Å². The molecule has 0 radical (unpaired) electrons. The van der Waals surface area contributed by atoms with Gasteiger partial charge in [0.15, 0.2) is 0 Å². The first-order valence-corrected chi connectivity index (χ1v) is 9.10. The third-order valence-corrected chi connectivity index (χ3v) is 4.79. The van der Waals surface area contributed by atoms with E-state index in [0.717, 1.165) is 38.2 Å². The Morgan fingerprint density at radius 2 is 2.16 bits per heavy atom. The van der Waals surface area contributed by atoms with Crippen LogP contribution in [0, 0.1) is 0 Å². The maximum atomic E-state index is 12.5. The van der Waals surface area contributed by atoms with E-state index in [1.54, 1.807) is 0 Å². The first-order valence-electron chi connectivity index (χ1n) is 9.10. The molecule has 1 fully saturated rings. The molecule has 5 nitrogen and oxygen atoms in total. The number of carbonyl (C=O) groups is 1. The minimum Gasteiger partial charge on any atom is -0.377 e. The Morgan fingerprint density at radius 3 is 2.92 bits per heavy atom. The summed E-state index contributed by atoms with van der Waals surface area (Å²) in [5.74, 6) is 1.68. The SMILES string of the molecule is Cn1ccnc1[C@H]1CCCN(C(=O)CCCOCc2ccccc2)C1. The molecular weight excluding hydrogens is 314 g/mol. The highest BCUT2D eigenvalue weighted by atomic mass is 16.5. The average molecular weight is 341 g/mol. The van der Waals surface area contributed by atoms with Crippen molar-refractivity contribution in [3.63, 3.8) is 0 Å². The Kier molecular flexibility index (Phi) is 6.23. The standard InChI is InChI=1S/C20H27N3O2/c1-22-13-11-21-20(22)18-9-5-12-23(15-18)19(24)10-6-14-25-16-17-7-3-2-4-8-17/h2-4,7-8,11,13,18H,5-6,9-10,12,14-16H2,1H3/t18-/m0/s1. The average Bonchev–Trinajstić information content (AvgIpc) is 3.08. The second-order valence-electron chi connectivity index (χ2n) is 6.72. The molecule has 0 aliphatic carbocycles. The number of piperidine rings is 1. The summed E-state index contributed by atoms with van der Waals surface area (Å²) in [6.45, 7) is 2.89. The van der Waals surface area contributed by atoms with E-state index in [1.807, 2.05) is 42.5 Å². The summed E-state index contributed by atoms with van der Waals surface area (Å²) in [7, 11) is 2.02. The molecule has 1 atom stereocenters. The van der Waals surface area contributed by atoms with Crippen molar-refractivity contribution in [3.05, 3.63) is 54.1 Å². The lowest BCUT2D eigenvalue weighted by molar-refractivity contribution is -0.132. The van der Waals surface area contributed by atoms with Crippen molar-refractivity contribution in [1.82, 2.24) is 14.5 Å². The molecule has 5 heteroatoms. The fourth-order valence-corrected chi connectivity index (χ4v) is 3.43. The van der Waals surface area contributed by atoms with Gasteiger partial charge in [-0.25, -0.2) is 4.98 Å². The second-order valence-corrected chi connectivity index (χ2v) is 6.72. The van der Waals surface area contributed by atoms with Gasteiger partial charge in [-0.3, -0.25) is 4.79 Å². The van der Waals surface area contributed by atoms with Crippen molar-refractivity contribution in [3.8, 4) is 0 Å². The number of amides is 1. The van der Waals surface area contributed by atoms with Crippen LogP contribution in [-0.4, -0.2) is 40.1 Å². The topological polar surface area (TPSA) is 47.4 Å². The lowest BCUT2D eigenvalue weighted by Gasteiger charge is -2.32. The predicted molar refractivity (Wildman–Crippen MR) is 97.1 cm³/mol. The second kappa shape index (κ2) is 8.81. The highest BCUT2D eigenvalue weighted by Crippen LogP contribution is 2.25. The molecule has 134 valence electrons. The Hall–Kier alpha value is -2.14. The largest absolute Gasteiger partial charge is 0.377 e. The minimum absolute atomic E-state index is 0.238. The third kappa shape index (κ3) is 4.92.